The number of nitrogens with zero attached hydrogens (tertiary/aromatic N) is 1. The molecule has 0 radical (unpaired) electrons. The molecule has 2 fully saturated rings. The van der Waals surface area contributed by atoms with E-state index < -0.39 is 22.7 Å². The van der Waals surface area contributed by atoms with E-state index in [1.807, 2.05) is 42.5 Å². The highest BCUT2D eigenvalue weighted by atomic mass is 19.1. The molecule has 4 aliphatic heterocycles. The zero-order valence-corrected chi connectivity index (χ0v) is 20.4. The number of para-hydroxylation sites is 1. The van der Waals surface area contributed by atoms with Crippen LogP contribution < -0.4 is 10.6 Å². The minimum Gasteiger partial charge on any atom is -0.325 e. The van der Waals surface area contributed by atoms with Crippen molar-refractivity contribution in [2.75, 3.05) is 17.2 Å². The Labute approximate surface area is 213 Å². The number of halogens is 1. The van der Waals surface area contributed by atoms with E-state index in [4.69, 9.17) is 0 Å². The summed E-state index contributed by atoms with van der Waals surface area (Å²) in [5, 5.41) is 6.12. The molecule has 2 amide bonds. The zero-order valence-electron chi connectivity index (χ0n) is 20.4. The van der Waals surface area contributed by atoms with Crippen molar-refractivity contribution < 1.29 is 18.8 Å². The highest BCUT2D eigenvalue weighted by molar-refractivity contribution is 6.21. The first-order valence-corrected chi connectivity index (χ1v) is 12.9. The molecule has 0 bridgehead atoms. The molecular weight excluding hydrogens is 469 g/mol. The van der Waals surface area contributed by atoms with Crippen LogP contribution >= 0.6 is 0 Å². The molecule has 4 aliphatic rings. The van der Waals surface area contributed by atoms with Gasteiger partial charge in [0.2, 0.25) is 5.91 Å². The fourth-order valence-electron chi connectivity index (χ4n) is 7.64. The van der Waals surface area contributed by atoms with E-state index in [1.165, 1.54) is 24.3 Å². The van der Waals surface area contributed by atoms with Crippen molar-refractivity contribution >= 4 is 29.0 Å². The summed E-state index contributed by atoms with van der Waals surface area (Å²) in [5.74, 6) is -2.12. The third-order valence-electron chi connectivity index (χ3n) is 8.98. The van der Waals surface area contributed by atoms with Crippen LogP contribution in [0.1, 0.15) is 46.8 Å². The van der Waals surface area contributed by atoms with E-state index in [2.05, 4.69) is 22.5 Å². The monoisotopic (exact) mass is 495 g/mol. The summed E-state index contributed by atoms with van der Waals surface area (Å²) in [6, 6.07) is 18.5. The molecule has 2 saturated heterocycles. The third-order valence-corrected chi connectivity index (χ3v) is 8.98. The molecule has 0 aromatic heterocycles. The van der Waals surface area contributed by atoms with Gasteiger partial charge in [0.15, 0.2) is 5.78 Å². The number of Topliss-reactive ketones (excluding diaryl/α,β-unsaturated/α-hetero) is 1. The third kappa shape index (κ3) is 2.55. The second kappa shape index (κ2) is 7.59. The molecule has 4 unspecified atom stereocenters. The minimum absolute atomic E-state index is 0.242. The number of benzene rings is 3. The number of rotatable bonds is 3. The summed E-state index contributed by atoms with van der Waals surface area (Å²) >= 11 is 0. The Morgan fingerprint density at radius 2 is 1.70 bits per heavy atom. The predicted octanol–water partition coefficient (Wildman–Crippen LogP) is 4.40. The van der Waals surface area contributed by atoms with Crippen molar-refractivity contribution in [1.82, 2.24) is 4.90 Å². The smallest absolute Gasteiger partial charge is 0.251 e. The van der Waals surface area contributed by atoms with E-state index in [1.54, 1.807) is 0 Å². The number of ketones is 1. The van der Waals surface area contributed by atoms with Crippen molar-refractivity contribution in [2.45, 2.75) is 43.2 Å². The number of carbonyl (C=O) groups is 3. The predicted molar refractivity (Wildman–Crippen MR) is 137 cm³/mol. The Hall–Kier alpha value is -3.84. The zero-order chi connectivity index (χ0) is 25.5. The van der Waals surface area contributed by atoms with Crippen molar-refractivity contribution in [3.63, 3.8) is 0 Å². The minimum atomic E-state index is -1.48. The van der Waals surface area contributed by atoms with Gasteiger partial charge in [-0.2, -0.15) is 0 Å². The van der Waals surface area contributed by atoms with Crippen LogP contribution in [0.3, 0.4) is 0 Å². The van der Waals surface area contributed by atoms with E-state index in [0.717, 1.165) is 24.0 Å². The topological polar surface area (TPSA) is 78.5 Å². The summed E-state index contributed by atoms with van der Waals surface area (Å²) < 4.78 is 13.8. The van der Waals surface area contributed by atoms with Gasteiger partial charge in [0, 0.05) is 28.5 Å². The first kappa shape index (κ1) is 22.4. The summed E-state index contributed by atoms with van der Waals surface area (Å²) in [4.78, 5) is 45.4. The number of anilines is 2. The number of amides is 2. The van der Waals surface area contributed by atoms with Gasteiger partial charge in [-0.15, -0.1) is 0 Å². The molecule has 4 heterocycles. The van der Waals surface area contributed by atoms with Crippen LogP contribution in [0.4, 0.5) is 15.8 Å². The van der Waals surface area contributed by atoms with Crippen molar-refractivity contribution in [3.05, 3.63) is 94.8 Å². The number of aryl methyl sites for hydroxylation is 1. The number of hydrogen-bond acceptors (Lipinski definition) is 4. The first-order chi connectivity index (χ1) is 17.9. The Morgan fingerprint density at radius 3 is 2.49 bits per heavy atom. The number of fused-ring (bicyclic) bond motifs is 7. The number of nitrogens with one attached hydrogen (secondary N) is 2. The standard InChI is InChI=1S/C30H26FN3O3/c1-2-17-9-14-23-21(16-17)30(28(37)33-23)29(20-6-3-4-7-22(20)32-27(29)36)25(24-8-5-15-34(24)30)26(35)18-10-12-19(31)13-11-18/h3-4,6-7,9-14,16,24-25H,2,5,8,15H2,1H3,(H,32,36)(H,33,37). The molecule has 4 atom stereocenters. The lowest BCUT2D eigenvalue weighted by molar-refractivity contribution is -0.137. The van der Waals surface area contributed by atoms with Crippen LogP contribution in [-0.4, -0.2) is 35.1 Å². The van der Waals surface area contributed by atoms with Gasteiger partial charge in [-0.3, -0.25) is 19.3 Å². The average molecular weight is 496 g/mol. The van der Waals surface area contributed by atoms with E-state index in [9.17, 15) is 18.8 Å². The summed E-state index contributed by atoms with van der Waals surface area (Å²) in [7, 11) is 0. The molecule has 2 spiro atoms. The highest BCUT2D eigenvalue weighted by Crippen LogP contribution is 2.67. The molecule has 3 aromatic carbocycles. The van der Waals surface area contributed by atoms with Gasteiger partial charge in [0.1, 0.15) is 16.8 Å². The van der Waals surface area contributed by atoms with Crippen molar-refractivity contribution in [2.24, 2.45) is 5.92 Å². The van der Waals surface area contributed by atoms with Crippen LogP contribution in [0, 0.1) is 11.7 Å². The van der Waals surface area contributed by atoms with Gasteiger partial charge >= 0.3 is 0 Å². The van der Waals surface area contributed by atoms with E-state index in [0.29, 0.717) is 35.5 Å². The molecule has 0 saturated carbocycles. The van der Waals surface area contributed by atoms with E-state index >= 15 is 0 Å². The maximum atomic E-state index is 14.4. The fraction of sp³-hybridized carbons (Fsp3) is 0.300. The summed E-state index contributed by atoms with van der Waals surface area (Å²) in [5.41, 5.74) is 1.25. The first-order valence-electron chi connectivity index (χ1n) is 12.9. The van der Waals surface area contributed by atoms with Crippen molar-refractivity contribution in [1.29, 1.82) is 0 Å². The molecule has 186 valence electrons. The lowest BCUT2D eigenvalue weighted by Gasteiger charge is -2.43. The van der Waals surface area contributed by atoms with Gasteiger partial charge in [-0.05, 0) is 73.3 Å². The average Bonchev–Trinajstić information content (AvgIpc) is 3.62. The maximum Gasteiger partial charge on any atom is 0.251 e. The van der Waals surface area contributed by atoms with Gasteiger partial charge in [-0.25, -0.2) is 4.39 Å². The molecule has 2 N–H and O–H groups in total. The Kier molecular flexibility index (Phi) is 4.59. The van der Waals surface area contributed by atoms with Crippen molar-refractivity contribution in [3.8, 4) is 0 Å². The fourth-order valence-corrected chi connectivity index (χ4v) is 7.64. The van der Waals surface area contributed by atoms with Crippen LogP contribution in [0.2, 0.25) is 0 Å². The Morgan fingerprint density at radius 1 is 0.973 bits per heavy atom. The quantitative estimate of drug-likeness (QED) is 0.528. The molecule has 3 aromatic rings. The largest absolute Gasteiger partial charge is 0.325 e. The molecular formula is C30H26FN3O3. The number of hydrogen-bond donors (Lipinski definition) is 2. The van der Waals surface area contributed by atoms with Crippen LogP contribution in [0.15, 0.2) is 66.7 Å². The molecule has 37 heavy (non-hydrogen) atoms. The summed E-state index contributed by atoms with van der Waals surface area (Å²) in [6.45, 7) is 2.65. The van der Waals surface area contributed by atoms with Crippen LogP contribution in [0.5, 0.6) is 0 Å². The summed E-state index contributed by atoms with van der Waals surface area (Å²) in [6.07, 6.45) is 2.27. The van der Waals surface area contributed by atoms with Gasteiger partial charge in [-0.1, -0.05) is 37.3 Å². The van der Waals surface area contributed by atoms with E-state index in [-0.39, 0.29) is 23.6 Å². The second-order valence-corrected chi connectivity index (χ2v) is 10.5. The Balaban J connectivity index is 1.58. The molecule has 6 nitrogen and oxygen atoms in total. The highest BCUT2D eigenvalue weighted by Gasteiger charge is 2.81. The van der Waals surface area contributed by atoms with Gasteiger partial charge in [0.25, 0.3) is 5.91 Å². The van der Waals surface area contributed by atoms with Gasteiger partial charge < -0.3 is 10.6 Å². The Bertz CT molecular complexity index is 1500. The molecule has 7 heteroatoms. The SMILES string of the molecule is CCc1ccc2c(c1)C1(C(=O)N2)N2CCCC2C(C(=O)c2ccc(F)cc2)C12C(=O)Nc1ccccc12. The maximum absolute atomic E-state index is 14.4. The lowest BCUT2D eigenvalue weighted by Crippen LogP contribution is -2.62. The lowest BCUT2D eigenvalue weighted by atomic mass is 9.57. The second-order valence-electron chi connectivity index (χ2n) is 10.5. The van der Waals surface area contributed by atoms with Crippen LogP contribution in [-0.2, 0) is 27.0 Å². The van der Waals surface area contributed by atoms with Gasteiger partial charge in [0.05, 0.1) is 5.92 Å². The molecule has 7 rings (SSSR count). The molecule has 0 aliphatic carbocycles. The normalized spacial score (nSPS) is 29.4. The van der Waals surface area contributed by atoms with Crippen LogP contribution in [0.25, 0.3) is 0 Å². The number of carbonyl (C=O) groups excluding carboxylic acids is 3.